The number of benzene rings is 2. The zero-order valence-electron chi connectivity index (χ0n) is 23.2. The van der Waals surface area contributed by atoms with Crippen LogP contribution in [0.5, 0.6) is 11.5 Å². The first-order valence-electron chi connectivity index (χ1n) is 14.2. The number of hydrogen-bond acceptors (Lipinski definition) is 9. The third kappa shape index (κ3) is 6.36. The molecule has 2 aromatic heterocycles. The van der Waals surface area contributed by atoms with Crippen LogP contribution >= 0.6 is 11.6 Å². The lowest BCUT2D eigenvalue weighted by atomic mass is 10.1. The molecule has 0 bridgehead atoms. The fourth-order valence-corrected chi connectivity index (χ4v) is 5.66. The van der Waals surface area contributed by atoms with E-state index in [1.165, 1.54) is 0 Å². The molecule has 0 aliphatic carbocycles. The maximum atomic E-state index is 10.1. The van der Waals surface area contributed by atoms with Crippen molar-refractivity contribution in [3.63, 3.8) is 0 Å². The van der Waals surface area contributed by atoms with E-state index in [4.69, 9.17) is 30.2 Å². The van der Waals surface area contributed by atoms with Gasteiger partial charge in [0.25, 0.3) is 0 Å². The zero-order valence-corrected chi connectivity index (χ0v) is 24.0. The molecule has 0 spiro atoms. The molecule has 6 rings (SSSR count). The van der Waals surface area contributed by atoms with Crippen molar-refractivity contribution in [3.8, 4) is 17.6 Å². The summed E-state index contributed by atoms with van der Waals surface area (Å²) in [6, 6.07) is 11.6. The van der Waals surface area contributed by atoms with Crippen molar-refractivity contribution in [3.05, 3.63) is 53.4 Å². The molecule has 2 aliphatic rings. The SMILES string of the molecule is CN1CCN(CCCOc2cc(OC3CCOCC3)c3c(Nc4cc(Cl)cc5occc45)c(C#N)cnc3c2)CC1. The van der Waals surface area contributed by atoms with E-state index in [0.717, 1.165) is 68.4 Å². The van der Waals surface area contributed by atoms with Crippen LogP contribution in [0.15, 0.2) is 47.2 Å². The van der Waals surface area contributed by atoms with Crippen LogP contribution in [-0.2, 0) is 4.74 Å². The van der Waals surface area contributed by atoms with Gasteiger partial charge in [-0.1, -0.05) is 11.6 Å². The summed E-state index contributed by atoms with van der Waals surface area (Å²) in [4.78, 5) is 9.49. The van der Waals surface area contributed by atoms with Gasteiger partial charge in [-0.15, -0.1) is 0 Å². The molecule has 0 amide bonds. The second kappa shape index (κ2) is 12.5. The van der Waals surface area contributed by atoms with Crippen LogP contribution in [0.4, 0.5) is 11.4 Å². The van der Waals surface area contributed by atoms with Gasteiger partial charge < -0.3 is 33.7 Å². The minimum atomic E-state index is -0.00947. The molecule has 2 fully saturated rings. The Balaban J connectivity index is 1.32. The van der Waals surface area contributed by atoms with Gasteiger partial charge in [-0.05, 0) is 25.6 Å². The Morgan fingerprint density at radius 3 is 2.78 bits per heavy atom. The van der Waals surface area contributed by atoms with Crippen molar-refractivity contribution in [1.82, 2.24) is 14.8 Å². The summed E-state index contributed by atoms with van der Waals surface area (Å²) in [5, 5.41) is 15.6. The van der Waals surface area contributed by atoms with Crippen LogP contribution in [0, 0.1) is 11.3 Å². The number of fused-ring (bicyclic) bond motifs is 2. The number of furan rings is 1. The van der Waals surface area contributed by atoms with Crippen molar-refractivity contribution >= 4 is 44.8 Å². The molecule has 4 heterocycles. The summed E-state index contributed by atoms with van der Waals surface area (Å²) in [7, 11) is 2.17. The second-order valence-electron chi connectivity index (χ2n) is 10.7. The van der Waals surface area contributed by atoms with Gasteiger partial charge >= 0.3 is 0 Å². The largest absolute Gasteiger partial charge is 0.493 e. The average molecular weight is 576 g/mol. The Hall–Kier alpha value is -3.55. The maximum Gasteiger partial charge on any atom is 0.137 e. The molecule has 10 heteroatoms. The highest BCUT2D eigenvalue weighted by molar-refractivity contribution is 6.31. The van der Waals surface area contributed by atoms with Gasteiger partial charge in [0.05, 0.1) is 53.9 Å². The lowest BCUT2D eigenvalue weighted by Gasteiger charge is -2.32. The lowest BCUT2D eigenvalue weighted by molar-refractivity contribution is 0.0261. The fourth-order valence-electron chi connectivity index (χ4n) is 5.45. The Morgan fingerprint density at radius 1 is 1.15 bits per heavy atom. The van der Waals surface area contributed by atoms with Crippen molar-refractivity contribution < 1.29 is 18.6 Å². The van der Waals surface area contributed by atoms with Gasteiger partial charge in [0.15, 0.2) is 0 Å². The van der Waals surface area contributed by atoms with Gasteiger partial charge in [-0.25, -0.2) is 0 Å². The molecule has 0 saturated carbocycles. The van der Waals surface area contributed by atoms with Crippen LogP contribution in [0.1, 0.15) is 24.8 Å². The highest BCUT2D eigenvalue weighted by atomic mass is 35.5. The first-order chi connectivity index (χ1) is 20.1. The smallest absolute Gasteiger partial charge is 0.137 e. The van der Waals surface area contributed by atoms with E-state index in [1.807, 2.05) is 24.3 Å². The van der Waals surface area contributed by atoms with Crippen LogP contribution in [-0.4, -0.2) is 80.5 Å². The first kappa shape index (κ1) is 27.6. The van der Waals surface area contributed by atoms with Crippen LogP contribution < -0.4 is 14.8 Å². The molecule has 9 nitrogen and oxygen atoms in total. The summed E-state index contributed by atoms with van der Waals surface area (Å²) in [6.45, 7) is 7.29. The van der Waals surface area contributed by atoms with Crippen molar-refractivity contribution in [2.75, 3.05) is 64.9 Å². The highest BCUT2D eigenvalue weighted by Crippen LogP contribution is 2.41. The molecular weight excluding hydrogens is 542 g/mol. The van der Waals surface area contributed by atoms with E-state index in [-0.39, 0.29) is 6.10 Å². The number of ether oxygens (including phenoxy) is 3. The molecule has 41 heavy (non-hydrogen) atoms. The van der Waals surface area contributed by atoms with Crippen molar-refractivity contribution in [1.29, 1.82) is 5.26 Å². The van der Waals surface area contributed by atoms with E-state index < -0.39 is 0 Å². The predicted molar refractivity (Wildman–Crippen MR) is 159 cm³/mol. The maximum absolute atomic E-state index is 10.1. The standard InChI is InChI=1S/C31H34ClN5O4/c1-36-7-9-37(10-8-36)6-2-11-39-24-17-27-30(29(18-24)41-23-3-12-38-13-4-23)31(21(19-33)20-34-27)35-26-15-22(32)16-28-25(26)5-14-40-28/h5,14-18,20,23H,2-4,6-13H2,1H3,(H,34,35). The van der Waals surface area contributed by atoms with Gasteiger partial charge in [-0.2, -0.15) is 5.26 Å². The van der Waals surface area contributed by atoms with Crippen molar-refractivity contribution in [2.45, 2.75) is 25.4 Å². The predicted octanol–water partition coefficient (Wildman–Crippen LogP) is 5.82. The van der Waals surface area contributed by atoms with E-state index in [2.05, 4.69) is 33.2 Å². The van der Waals surface area contributed by atoms with Crippen LogP contribution in [0.2, 0.25) is 5.02 Å². The number of halogens is 1. The fraction of sp³-hybridized carbons (Fsp3) is 0.419. The Kier molecular flexibility index (Phi) is 8.44. The highest BCUT2D eigenvalue weighted by Gasteiger charge is 2.22. The Morgan fingerprint density at radius 2 is 1.98 bits per heavy atom. The summed E-state index contributed by atoms with van der Waals surface area (Å²) in [6.07, 6.45) is 5.70. The molecule has 2 aliphatic heterocycles. The number of likely N-dealkylation sites (N-methyl/N-ethyl adjacent to an activating group) is 1. The summed E-state index contributed by atoms with van der Waals surface area (Å²) in [5.74, 6) is 1.32. The second-order valence-corrected chi connectivity index (χ2v) is 11.1. The quantitative estimate of drug-likeness (QED) is 0.247. The number of piperazine rings is 1. The number of aromatic nitrogens is 1. The average Bonchev–Trinajstić information content (AvgIpc) is 3.45. The number of nitriles is 1. The number of rotatable bonds is 9. The molecule has 4 aromatic rings. The molecular formula is C31H34ClN5O4. The molecule has 1 N–H and O–H groups in total. The van der Waals surface area contributed by atoms with Crippen LogP contribution in [0.25, 0.3) is 21.9 Å². The zero-order chi connectivity index (χ0) is 28.2. The number of anilines is 2. The molecule has 214 valence electrons. The topological polar surface area (TPSA) is 96.0 Å². The molecule has 2 aromatic carbocycles. The minimum Gasteiger partial charge on any atom is -0.493 e. The third-order valence-electron chi connectivity index (χ3n) is 7.77. The van der Waals surface area contributed by atoms with Gasteiger partial charge in [0.2, 0.25) is 0 Å². The lowest BCUT2D eigenvalue weighted by Crippen LogP contribution is -2.44. The number of hydrogen-bond donors (Lipinski definition) is 1. The molecule has 2 saturated heterocycles. The van der Waals surface area contributed by atoms with Gasteiger partial charge in [-0.3, -0.25) is 4.98 Å². The Labute approximate surface area is 244 Å². The summed E-state index contributed by atoms with van der Waals surface area (Å²) >= 11 is 6.40. The monoisotopic (exact) mass is 575 g/mol. The first-order valence-corrected chi connectivity index (χ1v) is 14.5. The summed E-state index contributed by atoms with van der Waals surface area (Å²) in [5.41, 5.74) is 3.06. The van der Waals surface area contributed by atoms with Crippen LogP contribution in [0.3, 0.4) is 0 Å². The van der Waals surface area contributed by atoms with E-state index >= 15 is 0 Å². The number of nitrogens with zero attached hydrogens (tertiary/aromatic N) is 4. The van der Waals surface area contributed by atoms with E-state index in [0.29, 0.717) is 58.7 Å². The van der Waals surface area contributed by atoms with Crippen molar-refractivity contribution in [2.24, 2.45) is 0 Å². The van der Waals surface area contributed by atoms with Gasteiger partial charge in [0, 0.05) is 80.4 Å². The van der Waals surface area contributed by atoms with E-state index in [9.17, 15) is 5.26 Å². The minimum absolute atomic E-state index is 0.00947. The molecule has 0 unspecified atom stereocenters. The Bertz CT molecular complexity index is 1550. The van der Waals surface area contributed by atoms with E-state index in [1.54, 1.807) is 18.5 Å². The number of nitrogens with one attached hydrogen (secondary N) is 1. The van der Waals surface area contributed by atoms with Gasteiger partial charge in [0.1, 0.15) is 29.3 Å². The molecule has 0 atom stereocenters. The third-order valence-corrected chi connectivity index (χ3v) is 7.99. The summed E-state index contributed by atoms with van der Waals surface area (Å²) < 4.78 is 24.0. The normalized spacial score (nSPS) is 17.1. The molecule has 0 radical (unpaired) electrons. The number of pyridine rings is 1.